The summed E-state index contributed by atoms with van der Waals surface area (Å²) in [6.07, 6.45) is 1.87. The van der Waals surface area contributed by atoms with Crippen molar-refractivity contribution < 1.29 is 13.9 Å². The Morgan fingerprint density at radius 1 is 1.40 bits per heavy atom. The van der Waals surface area contributed by atoms with Crippen LogP contribution in [-0.2, 0) is 4.74 Å². The summed E-state index contributed by atoms with van der Waals surface area (Å²) in [7, 11) is 0. The molecular formula is C14H16Br2FNO2. The SMILES string of the molecule is O=C(c1cc(F)ccc1Br)N1CCC(OCCBr)CC1. The van der Waals surface area contributed by atoms with Crippen molar-refractivity contribution >= 4 is 37.8 Å². The van der Waals surface area contributed by atoms with E-state index in [4.69, 9.17) is 4.74 Å². The van der Waals surface area contributed by atoms with Gasteiger partial charge in [0.2, 0.25) is 0 Å². The minimum absolute atomic E-state index is 0.129. The summed E-state index contributed by atoms with van der Waals surface area (Å²) in [6.45, 7) is 1.98. The number of carbonyl (C=O) groups is 1. The predicted octanol–water partition coefficient (Wildman–Crippen LogP) is 3.60. The van der Waals surface area contributed by atoms with Crippen molar-refractivity contribution in [1.82, 2.24) is 4.90 Å². The summed E-state index contributed by atoms with van der Waals surface area (Å²) in [4.78, 5) is 14.1. The molecule has 2 rings (SSSR count). The third kappa shape index (κ3) is 4.02. The predicted molar refractivity (Wildman–Crippen MR) is 82.8 cm³/mol. The first-order chi connectivity index (χ1) is 9.61. The zero-order chi connectivity index (χ0) is 14.5. The van der Waals surface area contributed by atoms with Crippen LogP contribution in [0.3, 0.4) is 0 Å². The maximum atomic E-state index is 13.3. The highest BCUT2D eigenvalue weighted by molar-refractivity contribution is 9.10. The molecule has 0 bridgehead atoms. The first kappa shape index (κ1) is 15.9. The molecule has 0 spiro atoms. The minimum atomic E-state index is -0.396. The fourth-order valence-corrected chi connectivity index (χ4v) is 2.87. The van der Waals surface area contributed by atoms with Gasteiger partial charge in [0.25, 0.3) is 5.91 Å². The van der Waals surface area contributed by atoms with Crippen LogP contribution < -0.4 is 0 Å². The van der Waals surface area contributed by atoms with Gasteiger partial charge in [0.15, 0.2) is 0 Å². The molecule has 0 aliphatic carbocycles. The van der Waals surface area contributed by atoms with Crippen LogP contribution in [0, 0.1) is 5.82 Å². The van der Waals surface area contributed by atoms with Crippen molar-refractivity contribution in [2.24, 2.45) is 0 Å². The van der Waals surface area contributed by atoms with Gasteiger partial charge in [-0.1, -0.05) is 15.9 Å². The van der Waals surface area contributed by atoms with E-state index < -0.39 is 5.82 Å². The Balaban J connectivity index is 1.96. The Labute approximate surface area is 134 Å². The molecule has 0 radical (unpaired) electrons. The number of likely N-dealkylation sites (tertiary alicyclic amines) is 1. The zero-order valence-electron chi connectivity index (χ0n) is 10.9. The molecule has 0 saturated carbocycles. The lowest BCUT2D eigenvalue weighted by Gasteiger charge is -2.32. The van der Waals surface area contributed by atoms with Gasteiger partial charge in [0.05, 0.1) is 18.3 Å². The summed E-state index contributed by atoms with van der Waals surface area (Å²) in [5.41, 5.74) is 0.379. The van der Waals surface area contributed by atoms with Crippen LogP contribution in [0.2, 0.25) is 0 Å². The molecule has 1 aliphatic rings. The van der Waals surface area contributed by atoms with E-state index in [1.807, 2.05) is 0 Å². The molecule has 1 saturated heterocycles. The van der Waals surface area contributed by atoms with Crippen LogP contribution in [0.25, 0.3) is 0 Å². The van der Waals surface area contributed by atoms with Gasteiger partial charge in [0, 0.05) is 22.9 Å². The second-order valence-corrected chi connectivity index (χ2v) is 6.32. The van der Waals surface area contributed by atoms with Crippen LogP contribution in [0.15, 0.2) is 22.7 Å². The van der Waals surface area contributed by atoms with E-state index in [0.29, 0.717) is 29.7 Å². The molecule has 1 aromatic carbocycles. The summed E-state index contributed by atoms with van der Waals surface area (Å²) in [6, 6.07) is 4.18. The number of ether oxygens (including phenoxy) is 1. The average Bonchev–Trinajstić information content (AvgIpc) is 2.47. The Morgan fingerprint density at radius 2 is 2.10 bits per heavy atom. The van der Waals surface area contributed by atoms with Crippen LogP contribution in [0.1, 0.15) is 23.2 Å². The lowest BCUT2D eigenvalue weighted by molar-refractivity contribution is 0.0159. The second-order valence-electron chi connectivity index (χ2n) is 4.68. The van der Waals surface area contributed by atoms with E-state index in [1.54, 1.807) is 11.0 Å². The van der Waals surface area contributed by atoms with Gasteiger partial charge in [-0.15, -0.1) is 0 Å². The quantitative estimate of drug-likeness (QED) is 0.712. The highest BCUT2D eigenvalue weighted by Crippen LogP contribution is 2.22. The molecule has 0 aromatic heterocycles. The maximum Gasteiger partial charge on any atom is 0.255 e. The van der Waals surface area contributed by atoms with Crippen molar-refractivity contribution in [3.63, 3.8) is 0 Å². The standard InChI is InChI=1S/C14H16Br2FNO2/c15-5-8-20-11-3-6-18(7-4-11)14(19)12-9-10(17)1-2-13(12)16/h1-2,9,11H,3-8H2. The molecule has 1 aromatic rings. The molecule has 6 heteroatoms. The van der Waals surface area contributed by atoms with Crippen molar-refractivity contribution in [2.75, 3.05) is 25.0 Å². The fraction of sp³-hybridized carbons (Fsp3) is 0.500. The fourth-order valence-electron chi connectivity index (χ4n) is 2.27. The number of halogens is 3. The van der Waals surface area contributed by atoms with E-state index >= 15 is 0 Å². The molecule has 1 aliphatic heterocycles. The van der Waals surface area contributed by atoms with E-state index in [9.17, 15) is 9.18 Å². The number of amides is 1. The molecule has 1 heterocycles. The lowest BCUT2D eigenvalue weighted by Crippen LogP contribution is -2.41. The average molecular weight is 409 g/mol. The summed E-state index contributed by atoms with van der Waals surface area (Å²) < 4.78 is 19.5. The molecular weight excluding hydrogens is 393 g/mol. The molecule has 0 unspecified atom stereocenters. The van der Waals surface area contributed by atoms with Crippen LogP contribution in [0.4, 0.5) is 4.39 Å². The Bertz CT molecular complexity index is 476. The van der Waals surface area contributed by atoms with Gasteiger partial charge in [-0.05, 0) is 47.0 Å². The van der Waals surface area contributed by atoms with Crippen LogP contribution >= 0.6 is 31.9 Å². The molecule has 0 atom stereocenters. The number of alkyl halides is 1. The molecule has 3 nitrogen and oxygen atoms in total. The number of rotatable bonds is 4. The maximum absolute atomic E-state index is 13.3. The summed E-state index contributed by atoms with van der Waals surface area (Å²) in [5, 5.41) is 0.822. The lowest BCUT2D eigenvalue weighted by atomic mass is 10.1. The Hall–Kier alpha value is -0.460. The van der Waals surface area contributed by atoms with Gasteiger partial charge >= 0.3 is 0 Å². The minimum Gasteiger partial charge on any atom is -0.377 e. The monoisotopic (exact) mass is 407 g/mol. The highest BCUT2D eigenvalue weighted by Gasteiger charge is 2.25. The normalized spacial score (nSPS) is 16.4. The van der Waals surface area contributed by atoms with Gasteiger partial charge in [-0.3, -0.25) is 4.79 Å². The molecule has 1 amide bonds. The number of piperidine rings is 1. The number of benzene rings is 1. The molecule has 20 heavy (non-hydrogen) atoms. The van der Waals surface area contributed by atoms with Gasteiger partial charge in [-0.2, -0.15) is 0 Å². The van der Waals surface area contributed by atoms with Crippen molar-refractivity contribution in [3.8, 4) is 0 Å². The van der Waals surface area contributed by atoms with Crippen molar-refractivity contribution in [1.29, 1.82) is 0 Å². The number of hydrogen-bond acceptors (Lipinski definition) is 2. The van der Waals surface area contributed by atoms with Crippen molar-refractivity contribution in [2.45, 2.75) is 18.9 Å². The largest absolute Gasteiger partial charge is 0.377 e. The molecule has 1 fully saturated rings. The summed E-state index contributed by atoms with van der Waals surface area (Å²) >= 11 is 6.63. The Morgan fingerprint density at radius 3 is 2.75 bits per heavy atom. The van der Waals surface area contributed by atoms with Crippen molar-refractivity contribution in [3.05, 3.63) is 34.1 Å². The number of carbonyl (C=O) groups excluding carboxylic acids is 1. The smallest absolute Gasteiger partial charge is 0.255 e. The van der Waals surface area contributed by atoms with Gasteiger partial charge in [-0.25, -0.2) is 4.39 Å². The van der Waals surface area contributed by atoms with Crippen LogP contribution in [0.5, 0.6) is 0 Å². The van der Waals surface area contributed by atoms with Crippen LogP contribution in [-0.4, -0.2) is 41.9 Å². The third-order valence-electron chi connectivity index (χ3n) is 3.32. The van der Waals surface area contributed by atoms with E-state index in [-0.39, 0.29) is 12.0 Å². The zero-order valence-corrected chi connectivity index (χ0v) is 14.1. The first-order valence-corrected chi connectivity index (χ1v) is 8.45. The first-order valence-electron chi connectivity index (χ1n) is 6.53. The Kier molecular flexibility index (Phi) is 5.99. The van der Waals surface area contributed by atoms with E-state index in [0.717, 1.165) is 18.2 Å². The number of nitrogens with zero attached hydrogens (tertiary/aromatic N) is 1. The topological polar surface area (TPSA) is 29.5 Å². The van der Waals surface area contributed by atoms with Gasteiger partial charge < -0.3 is 9.64 Å². The molecule has 110 valence electrons. The summed E-state index contributed by atoms with van der Waals surface area (Å²) in [5.74, 6) is -0.526. The third-order valence-corrected chi connectivity index (χ3v) is 4.33. The van der Waals surface area contributed by atoms with E-state index in [2.05, 4.69) is 31.9 Å². The van der Waals surface area contributed by atoms with Gasteiger partial charge in [0.1, 0.15) is 5.82 Å². The molecule has 0 N–H and O–H groups in total. The number of hydrogen-bond donors (Lipinski definition) is 0. The highest BCUT2D eigenvalue weighted by atomic mass is 79.9. The van der Waals surface area contributed by atoms with E-state index in [1.165, 1.54) is 12.1 Å². The second kappa shape index (κ2) is 7.52.